The van der Waals surface area contributed by atoms with E-state index in [4.69, 9.17) is 16.3 Å². The van der Waals surface area contributed by atoms with Gasteiger partial charge in [-0.15, -0.1) is 0 Å². The molecule has 0 N–H and O–H groups in total. The van der Waals surface area contributed by atoms with E-state index in [1.54, 1.807) is 6.20 Å². The zero-order chi connectivity index (χ0) is 18.5. The minimum atomic E-state index is 0.0154. The lowest BCUT2D eigenvalue weighted by Gasteiger charge is -2.35. The van der Waals surface area contributed by atoms with Crippen molar-refractivity contribution in [3.8, 4) is 5.75 Å². The maximum absolute atomic E-state index is 12.4. The topological polar surface area (TPSA) is 45.7 Å². The molecule has 0 atom stereocenters. The van der Waals surface area contributed by atoms with Gasteiger partial charge in [-0.05, 0) is 35.7 Å². The summed E-state index contributed by atoms with van der Waals surface area (Å²) in [5.41, 5.74) is 1.26. The molecule has 5 nitrogen and oxygen atoms in total. The molecule has 0 unspecified atom stereocenters. The Morgan fingerprint density at radius 1 is 1.12 bits per heavy atom. The molecule has 1 aliphatic rings. The van der Waals surface area contributed by atoms with Crippen molar-refractivity contribution in [3.63, 3.8) is 0 Å². The molecule has 138 valence electrons. The number of carbonyl (C=O) groups excluding carboxylic acids is 1. The fourth-order valence-corrected chi connectivity index (χ4v) is 3.04. The minimum Gasteiger partial charge on any atom is -0.484 e. The van der Waals surface area contributed by atoms with Crippen molar-refractivity contribution in [2.24, 2.45) is 0 Å². The van der Waals surface area contributed by atoms with Crippen LogP contribution in [0.15, 0.2) is 42.6 Å². The molecule has 0 aliphatic carbocycles. The Hall–Kier alpha value is -2.27. The Kier molecular flexibility index (Phi) is 5.99. The number of amides is 1. The number of nitrogens with zero attached hydrogens (tertiary/aromatic N) is 3. The summed E-state index contributed by atoms with van der Waals surface area (Å²) in [6.07, 6.45) is 1.65. The average Bonchev–Trinajstić information content (AvgIpc) is 2.67. The maximum Gasteiger partial charge on any atom is 0.260 e. The van der Waals surface area contributed by atoms with Crippen molar-refractivity contribution >= 4 is 23.3 Å². The lowest BCUT2D eigenvalue weighted by molar-refractivity contribution is -0.133. The second-order valence-electron chi connectivity index (χ2n) is 6.71. The van der Waals surface area contributed by atoms with Gasteiger partial charge < -0.3 is 14.5 Å². The van der Waals surface area contributed by atoms with Crippen LogP contribution in [0, 0.1) is 0 Å². The van der Waals surface area contributed by atoms with Gasteiger partial charge in [-0.2, -0.15) is 0 Å². The van der Waals surface area contributed by atoms with Crippen LogP contribution in [0.3, 0.4) is 0 Å². The van der Waals surface area contributed by atoms with Gasteiger partial charge in [0.25, 0.3) is 5.91 Å². The first kappa shape index (κ1) is 18.5. The molecule has 1 saturated heterocycles. The summed E-state index contributed by atoms with van der Waals surface area (Å²) in [7, 11) is 0. The summed E-state index contributed by atoms with van der Waals surface area (Å²) in [5, 5.41) is 0.626. The fourth-order valence-electron chi connectivity index (χ4n) is 2.93. The molecular weight excluding hydrogens is 350 g/mol. The van der Waals surface area contributed by atoms with Crippen LogP contribution in [-0.4, -0.2) is 48.6 Å². The van der Waals surface area contributed by atoms with Crippen LogP contribution in [0.1, 0.15) is 25.3 Å². The summed E-state index contributed by atoms with van der Waals surface area (Å²) >= 11 is 5.88. The number of halogens is 1. The Bertz CT molecular complexity index is 724. The van der Waals surface area contributed by atoms with Gasteiger partial charge in [0, 0.05) is 32.4 Å². The molecule has 0 bridgehead atoms. The summed E-state index contributed by atoms with van der Waals surface area (Å²) < 4.78 is 5.65. The van der Waals surface area contributed by atoms with Gasteiger partial charge >= 0.3 is 0 Å². The lowest BCUT2D eigenvalue weighted by Crippen LogP contribution is -2.50. The van der Waals surface area contributed by atoms with Crippen LogP contribution >= 0.6 is 11.6 Å². The molecule has 0 saturated carbocycles. The predicted octanol–water partition coefficient (Wildman–Crippen LogP) is 3.59. The Morgan fingerprint density at radius 3 is 2.38 bits per heavy atom. The SMILES string of the molecule is CC(C)c1ccc(OCC(=O)N2CCN(c3ccc(Cl)cn3)CC2)cc1. The van der Waals surface area contributed by atoms with E-state index in [1.165, 1.54) is 5.56 Å². The highest BCUT2D eigenvalue weighted by Gasteiger charge is 2.22. The van der Waals surface area contributed by atoms with Gasteiger partial charge in [0.2, 0.25) is 0 Å². The molecule has 1 aliphatic heterocycles. The van der Waals surface area contributed by atoms with E-state index in [-0.39, 0.29) is 12.5 Å². The van der Waals surface area contributed by atoms with Crippen LogP contribution < -0.4 is 9.64 Å². The molecule has 1 fully saturated rings. The van der Waals surface area contributed by atoms with Crippen molar-refractivity contribution in [1.29, 1.82) is 0 Å². The summed E-state index contributed by atoms with van der Waals surface area (Å²) in [4.78, 5) is 20.7. The summed E-state index contributed by atoms with van der Waals surface area (Å²) in [5.74, 6) is 2.12. The second kappa shape index (κ2) is 8.41. The van der Waals surface area contributed by atoms with E-state index in [0.29, 0.717) is 24.0 Å². The van der Waals surface area contributed by atoms with Gasteiger partial charge in [-0.3, -0.25) is 4.79 Å². The standard InChI is InChI=1S/C20H24ClN3O2/c1-15(2)16-3-6-18(7-4-16)26-14-20(25)24-11-9-23(10-12-24)19-8-5-17(21)13-22-19/h3-8,13,15H,9-12,14H2,1-2H3. The van der Waals surface area contributed by atoms with Crippen molar-refractivity contribution in [1.82, 2.24) is 9.88 Å². The molecule has 26 heavy (non-hydrogen) atoms. The number of pyridine rings is 1. The first-order chi connectivity index (χ1) is 12.5. The monoisotopic (exact) mass is 373 g/mol. The highest BCUT2D eigenvalue weighted by Crippen LogP contribution is 2.19. The molecule has 2 heterocycles. The van der Waals surface area contributed by atoms with Gasteiger partial charge in [-0.1, -0.05) is 37.6 Å². The number of aromatic nitrogens is 1. The first-order valence-corrected chi connectivity index (χ1v) is 9.28. The van der Waals surface area contributed by atoms with E-state index >= 15 is 0 Å². The molecule has 2 aromatic rings. The second-order valence-corrected chi connectivity index (χ2v) is 7.15. The zero-order valence-corrected chi connectivity index (χ0v) is 15.9. The number of carbonyl (C=O) groups is 1. The predicted molar refractivity (Wildman–Crippen MR) is 104 cm³/mol. The Morgan fingerprint density at radius 2 is 1.81 bits per heavy atom. The van der Waals surface area contributed by atoms with Crippen molar-refractivity contribution in [2.45, 2.75) is 19.8 Å². The Balaban J connectivity index is 1.47. The fraction of sp³-hybridized carbons (Fsp3) is 0.400. The summed E-state index contributed by atoms with van der Waals surface area (Å²) in [6, 6.07) is 11.7. The molecule has 0 spiro atoms. The van der Waals surface area contributed by atoms with Crippen LogP contribution in [0.2, 0.25) is 5.02 Å². The average molecular weight is 374 g/mol. The van der Waals surface area contributed by atoms with E-state index in [2.05, 4.69) is 23.7 Å². The van der Waals surface area contributed by atoms with E-state index in [0.717, 1.165) is 24.7 Å². The number of rotatable bonds is 5. The number of anilines is 1. The number of piperazine rings is 1. The third kappa shape index (κ3) is 4.67. The summed E-state index contributed by atoms with van der Waals surface area (Å²) in [6.45, 7) is 7.21. The quantitative estimate of drug-likeness (QED) is 0.803. The molecular formula is C20H24ClN3O2. The van der Waals surface area contributed by atoms with Crippen molar-refractivity contribution in [2.75, 3.05) is 37.7 Å². The number of ether oxygens (including phenoxy) is 1. The maximum atomic E-state index is 12.4. The highest BCUT2D eigenvalue weighted by atomic mass is 35.5. The van der Waals surface area contributed by atoms with Gasteiger partial charge in [0.1, 0.15) is 11.6 Å². The van der Waals surface area contributed by atoms with Crippen molar-refractivity contribution in [3.05, 3.63) is 53.2 Å². The largest absolute Gasteiger partial charge is 0.484 e. The van der Waals surface area contributed by atoms with Gasteiger partial charge in [-0.25, -0.2) is 4.98 Å². The third-order valence-electron chi connectivity index (χ3n) is 4.58. The van der Waals surface area contributed by atoms with E-state index in [1.807, 2.05) is 41.3 Å². The zero-order valence-electron chi connectivity index (χ0n) is 15.2. The van der Waals surface area contributed by atoms with Gasteiger partial charge in [0.05, 0.1) is 5.02 Å². The Labute approximate surface area is 159 Å². The number of hydrogen-bond donors (Lipinski definition) is 0. The smallest absolute Gasteiger partial charge is 0.260 e. The van der Waals surface area contributed by atoms with Crippen LogP contribution in [0.5, 0.6) is 5.75 Å². The van der Waals surface area contributed by atoms with Crippen LogP contribution in [-0.2, 0) is 4.79 Å². The molecule has 1 aromatic carbocycles. The number of benzene rings is 1. The van der Waals surface area contributed by atoms with Crippen LogP contribution in [0.4, 0.5) is 5.82 Å². The molecule has 1 amide bonds. The molecule has 3 rings (SSSR count). The number of hydrogen-bond acceptors (Lipinski definition) is 4. The molecule has 0 radical (unpaired) electrons. The third-order valence-corrected chi connectivity index (χ3v) is 4.80. The highest BCUT2D eigenvalue weighted by molar-refractivity contribution is 6.30. The van der Waals surface area contributed by atoms with Crippen molar-refractivity contribution < 1.29 is 9.53 Å². The van der Waals surface area contributed by atoms with Crippen LogP contribution in [0.25, 0.3) is 0 Å². The lowest BCUT2D eigenvalue weighted by atomic mass is 10.0. The van der Waals surface area contributed by atoms with E-state index in [9.17, 15) is 4.79 Å². The minimum absolute atomic E-state index is 0.0154. The van der Waals surface area contributed by atoms with E-state index < -0.39 is 0 Å². The van der Waals surface area contributed by atoms with Gasteiger partial charge in [0.15, 0.2) is 6.61 Å². The normalized spacial score (nSPS) is 14.6. The molecule has 1 aromatic heterocycles. The first-order valence-electron chi connectivity index (χ1n) is 8.90. The molecule has 6 heteroatoms.